The van der Waals surface area contributed by atoms with Gasteiger partial charge >= 0.3 is 5.97 Å². The number of ether oxygens (including phenoxy) is 3. The zero-order valence-corrected chi connectivity index (χ0v) is 20.8. The third-order valence-corrected chi connectivity index (χ3v) is 6.82. The quantitative estimate of drug-likeness (QED) is 0.292. The van der Waals surface area contributed by atoms with Crippen molar-refractivity contribution in [3.8, 4) is 11.5 Å². The van der Waals surface area contributed by atoms with Gasteiger partial charge in [0.05, 0.1) is 25.7 Å². The summed E-state index contributed by atoms with van der Waals surface area (Å²) in [5, 5.41) is 1.72. The van der Waals surface area contributed by atoms with Crippen molar-refractivity contribution in [1.82, 2.24) is 4.90 Å². The highest BCUT2D eigenvalue weighted by Crippen LogP contribution is 2.38. The highest BCUT2D eigenvalue weighted by atomic mass is 79.9. The standard InChI is InChI=1S/C25H20BrNO6S/c1-31-20-10-17(19(26)12-21(20)33-14-23(28)32-2)11-22-24(29)27(25(30)34-22)13-16-8-5-7-15-6-3-4-9-18(15)16/h3-12H,13-14H2,1-2H3/b22-11-. The van der Waals surface area contributed by atoms with Gasteiger partial charge in [-0.3, -0.25) is 14.5 Å². The predicted molar refractivity (Wildman–Crippen MR) is 134 cm³/mol. The number of benzene rings is 3. The zero-order valence-electron chi connectivity index (χ0n) is 18.4. The van der Waals surface area contributed by atoms with Crippen molar-refractivity contribution in [3.63, 3.8) is 0 Å². The summed E-state index contributed by atoms with van der Waals surface area (Å²) in [7, 11) is 2.74. The molecule has 0 aliphatic carbocycles. The van der Waals surface area contributed by atoms with E-state index in [4.69, 9.17) is 9.47 Å². The van der Waals surface area contributed by atoms with Crippen molar-refractivity contribution >= 4 is 61.7 Å². The summed E-state index contributed by atoms with van der Waals surface area (Å²) < 4.78 is 16.0. The van der Waals surface area contributed by atoms with E-state index in [1.54, 1.807) is 18.2 Å². The highest BCUT2D eigenvalue weighted by molar-refractivity contribution is 9.10. The number of halogens is 1. The average molecular weight is 542 g/mol. The molecule has 9 heteroatoms. The average Bonchev–Trinajstić information content (AvgIpc) is 3.11. The minimum Gasteiger partial charge on any atom is -0.493 e. The van der Waals surface area contributed by atoms with Crippen LogP contribution in [0.15, 0.2) is 64.0 Å². The third-order valence-electron chi connectivity index (χ3n) is 5.22. The summed E-state index contributed by atoms with van der Waals surface area (Å²) in [4.78, 5) is 38.7. The van der Waals surface area contributed by atoms with Gasteiger partial charge in [0, 0.05) is 4.47 Å². The maximum absolute atomic E-state index is 13.1. The number of thioether (sulfide) groups is 1. The molecule has 0 bridgehead atoms. The molecular formula is C25H20BrNO6S. The molecule has 3 aromatic rings. The van der Waals surface area contributed by atoms with Gasteiger partial charge in [-0.15, -0.1) is 0 Å². The summed E-state index contributed by atoms with van der Waals surface area (Å²) in [6, 6.07) is 17.0. The lowest BCUT2D eigenvalue weighted by molar-refractivity contribution is -0.142. The van der Waals surface area contributed by atoms with Gasteiger partial charge in [-0.05, 0) is 51.9 Å². The Balaban J connectivity index is 1.58. The summed E-state index contributed by atoms with van der Waals surface area (Å²) in [5.41, 5.74) is 1.52. The second-order valence-corrected chi connectivity index (χ2v) is 9.14. The van der Waals surface area contributed by atoms with Crippen LogP contribution < -0.4 is 9.47 Å². The van der Waals surface area contributed by atoms with Crippen LogP contribution in [0.4, 0.5) is 4.79 Å². The number of esters is 1. The number of carbonyl (C=O) groups excluding carboxylic acids is 3. The molecule has 0 radical (unpaired) electrons. The topological polar surface area (TPSA) is 82.1 Å². The molecule has 2 amide bonds. The number of hydrogen-bond acceptors (Lipinski definition) is 7. The van der Waals surface area contributed by atoms with Gasteiger partial charge in [0.2, 0.25) is 0 Å². The van der Waals surface area contributed by atoms with Crippen molar-refractivity contribution in [2.45, 2.75) is 6.54 Å². The van der Waals surface area contributed by atoms with Crippen molar-refractivity contribution in [3.05, 3.63) is 75.1 Å². The number of amides is 2. The van der Waals surface area contributed by atoms with Crippen LogP contribution in [0.2, 0.25) is 0 Å². The predicted octanol–water partition coefficient (Wildman–Crippen LogP) is 5.40. The molecule has 34 heavy (non-hydrogen) atoms. The highest BCUT2D eigenvalue weighted by Gasteiger charge is 2.35. The normalized spacial score (nSPS) is 14.7. The van der Waals surface area contributed by atoms with Crippen LogP contribution in [0.25, 0.3) is 16.8 Å². The van der Waals surface area contributed by atoms with E-state index < -0.39 is 5.97 Å². The van der Waals surface area contributed by atoms with Crippen LogP contribution in [0.5, 0.6) is 11.5 Å². The molecule has 1 heterocycles. The first kappa shape index (κ1) is 23.8. The molecule has 0 unspecified atom stereocenters. The molecule has 174 valence electrons. The lowest BCUT2D eigenvalue weighted by Gasteiger charge is -2.14. The summed E-state index contributed by atoms with van der Waals surface area (Å²) in [6.45, 7) is -0.0835. The van der Waals surface area contributed by atoms with Crippen molar-refractivity contribution in [1.29, 1.82) is 0 Å². The molecule has 0 N–H and O–H groups in total. The van der Waals surface area contributed by atoms with E-state index in [1.165, 1.54) is 19.1 Å². The molecule has 0 saturated carbocycles. The van der Waals surface area contributed by atoms with E-state index in [2.05, 4.69) is 20.7 Å². The Morgan fingerprint density at radius 1 is 1.06 bits per heavy atom. The first-order valence-corrected chi connectivity index (χ1v) is 11.8. The maximum atomic E-state index is 13.1. The van der Waals surface area contributed by atoms with Crippen LogP contribution in [0.3, 0.4) is 0 Å². The molecular weight excluding hydrogens is 522 g/mol. The second kappa shape index (κ2) is 10.3. The Morgan fingerprint density at radius 2 is 1.82 bits per heavy atom. The lowest BCUT2D eigenvalue weighted by atomic mass is 10.0. The summed E-state index contributed by atoms with van der Waals surface area (Å²) >= 11 is 4.35. The van der Waals surface area contributed by atoms with E-state index in [0.717, 1.165) is 28.1 Å². The number of imide groups is 1. The van der Waals surface area contributed by atoms with E-state index >= 15 is 0 Å². The molecule has 0 aromatic heterocycles. The van der Waals surface area contributed by atoms with Gasteiger partial charge in [0.25, 0.3) is 11.1 Å². The Hall–Kier alpha value is -3.30. The summed E-state index contributed by atoms with van der Waals surface area (Å²) in [6.07, 6.45) is 1.63. The van der Waals surface area contributed by atoms with E-state index in [1.807, 2.05) is 42.5 Å². The Labute approximate surface area is 208 Å². The number of fused-ring (bicyclic) bond motifs is 1. The van der Waals surface area contributed by atoms with Crippen molar-refractivity contribution < 1.29 is 28.6 Å². The fourth-order valence-corrected chi connectivity index (χ4v) is 4.77. The van der Waals surface area contributed by atoms with Crippen LogP contribution in [0, 0.1) is 0 Å². The van der Waals surface area contributed by atoms with Crippen LogP contribution in [-0.2, 0) is 20.9 Å². The Morgan fingerprint density at radius 3 is 2.59 bits per heavy atom. The van der Waals surface area contributed by atoms with Gasteiger partial charge < -0.3 is 14.2 Å². The monoisotopic (exact) mass is 541 g/mol. The number of carbonyl (C=O) groups is 3. The molecule has 7 nitrogen and oxygen atoms in total. The smallest absolute Gasteiger partial charge is 0.343 e. The van der Waals surface area contributed by atoms with Crippen molar-refractivity contribution in [2.24, 2.45) is 0 Å². The zero-order chi connectivity index (χ0) is 24.2. The van der Waals surface area contributed by atoms with E-state index in [9.17, 15) is 14.4 Å². The third kappa shape index (κ3) is 4.95. The molecule has 3 aromatic carbocycles. The SMILES string of the molecule is COC(=O)COc1cc(Br)c(/C=C2\SC(=O)N(Cc3cccc4ccccc34)C2=O)cc1OC. The molecule has 4 rings (SSSR count). The van der Waals surface area contributed by atoms with E-state index in [-0.39, 0.29) is 24.3 Å². The molecule has 1 saturated heterocycles. The van der Waals surface area contributed by atoms with Crippen LogP contribution in [0.1, 0.15) is 11.1 Å². The number of hydrogen-bond donors (Lipinski definition) is 0. The molecule has 1 aliphatic rings. The van der Waals surface area contributed by atoms with Gasteiger partial charge in [-0.25, -0.2) is 4.79 Å². The van der Waals surface area contributed by atoms with E-state index in [0.29, 0.717) is 26.4 Å². The molecule has 0 atom stereocenters. The minimum atomic E-state index is -0.526. The maximum Gasteiger partial charge on any atom is 0.343 e. The molecule has 1 fully saturated rings. The fraction of sp³-hybridized carbons (Fsp3) is 0.160. The van der Waals surface area contributed by atoms with Crippen LogP contribution in [-0.4, -0.2) is 42.8 Å². The fourth-order valence-electron chi connectivity index (χ4n) is 3.51. The Kier molecular flexibility index (Phi) is 7.23. The van der Waals surface area contributed by atoms with Gasteiger partial charge in [0.1, 0.15) is 0 Å². The molecule has 1 aliphatic heterocycles. The Bertz CT molecular complexity index is 1320. The minimum absolute atomic E-state index is 0.189. The van der Waals surface area contributed by atoms with Gasteiger partial charge in [0.15, 0.2) is 18.1 Å². The van der Waals surface area contributed by atoms with Gasteiger partial charge in [-0.2, -0.15) is 0 Å². The number of rotatable bonds is 7. The largest absolute Gasteiger partial charge is 0.493 e. The molecule has 0 spiro atoms. The van der Waals surface area contributed by atoms with Crippen molar-refractivity contribution in [2.75, 3.05) is 20.8 Å². The second-order valence-electron chi connectivity index (χ2n) is 7.30. The first-order valence-electron chi connectivity index (χ1n) is 10.2. The number of nitrogens with zero attached hydrogens (tertiary/aromatic N) is 1. The van der Waals surface area contributed by atoms with Crippen LogP contribution >= 0.6 is 27.7 Å². The number of methoxy groups -OCH3 is 2. The summed E-state index contributed by atoms with van der Waals surface area (Å²) in [5.74, 6) is -0.184. The first-order chi connectivity index (χ1) is 16.4. The lowest BCUT2D eigenvalue weighted by Crippen LogP contribution is -2.27. The van der Waals surface area contributed by atoms with Gasteiger partial charge in [-0.1, -0.05) is 58.4 Å².